The lowest BCUT2D eigenvalue weighted by atomic mass is 9.98. The third-order valence-electron chi connectivity index (χ3n) is 4.57. The molecule has 0 saturated carbocycles. The maximum Gasteiger partial charge on any atom is 0.0712 e. The lowest BCUT2D eigenvalue weighted by molar-refractivity contribution is 0.605. The van der Waals surface area contributed by atoms with E-state index in [1.165, 1.54) is 23.8 Å². The molecule has 1 N–H and O–H groups in total. The highest BCUT2D eigenvalue weighted by atomic mass is 35.5. The van der Waals surface area contributed by atoms with E-state index in [-0.39, 0.29) is 0 Å². The maximum atomic E-state index is 6.01. The third kappa shape index (κ3) is 3.10. The van der Waals surface area contributed by atoms with Crippen molar-refractivity contribution in [2.45, 2.75) is 25.3 Å². The van der Waals surface area contributed by atoms with E-state index in [2.05, 4.69) is 35.6 Å². The van der Waals surface area contributed by atoms with Crippen LogP contribution in [-0.4, -0.2) is 17.6 Å². The lowest BCUT2D eigenvalue weighted by Gasteiger charge is -2.14. The second kappa shape index (κ2) is 6.31. The Morgan fingerprint density at radius 1 is 1.09 bits per heavy atom. The van der Waals surface area contributed by atoms with Crippen molar-refractivity contribution < 1.29 is 0 Å². The molecule has 1 aliphatic rings. The van der Waals surface area contributed by atoms with Crippen LogP contribution in [0.1, 0.15) is 18.4 Å². The van der Waals surface area contributed by atoms with Gasteiger partial charge in [-0.25, -0.2) is 4.98 Å². The second-order valence-corrected chi connectivity index (χ2v) is 6.62. The molecule has 3 aromatic rings. The molecule has 4 rings (SSSR count). The first-order chi connectivity index (χ1) is 11.3. The highest BCUT2D eigenvalue weighted by Crippen LogP contribution is 2.27. The fourth-order valence-corrected chi connectivity index (χ4v) is 3.51. The summed E-state index contributed by atoms with van der Waals surface area (Å²) in [6.45, 7) is 1.14. The molecule has 23 heavy (non-hydrogen) atoms. The van der Waals surface area contributed by atoms with Gasteiger partial charge in [-0.2, -0.15) is 0 Å². The Hall–Kier alpha value is -1.90. The zero-order valence-corrected chi connectivity index (χ0v) is 13.7. The summed E-state index contributed by atoms with van der Waals surface area (Å²) in [5, 5.41) is 5.62. The molecule has 2 nitrogen and oxygen atoms in total. The third-order valence-corrected chi connectivity index (χ3v) is 4.82. The largest absolute Gasteiger partial charge is 0.314 e. The Balaban J connectivity index is 1.80. The smallest absolute Gasteiger partial charge is 0.0712 e. The van der Waals surface area contributed by atoms with Gasteiger partial charge in [0.25, 0.3) is 0 Å². The molecule has 1 fully saturated rings. The van der Waals surface area contributed by atoms with E-state index in [1.807, 2.05) is 24.3 Å². The summed E-state index contributed by atoms with van der Waals surface area (Å²) >= 11 is 6.01. The van der Waals surface area contributed by atoms with Crippen LogP contribution in [0.25, 0.3) is 22.2 Å². The van der Waals surface area contributed by atoms with E-state index >= 15 is 0 Å². The highest BCUT2D eigenvalue weighted by molar-refractivity contribution is 6.30. The van der Waals surface area contributed by atoms with Crippen LogP contribution in [0.4, 0.5) is 0 Å². The lowest BCUT2D eigenvalue weighted by Crippen LogP contribution is -2.23. The molecule has 3 heteroatoms. The number of nitrogens with zero attached hydrogens (tertiary/aromatic N) is 1. The van der Waals surface area contributed by atoms with Crippen LogP contribution in [0.3, 0.4) is 0 Å². The van der Waals surface area contributed by atoms with Gasteiger partial charge < -0.3 is 5.32 Å². The van der Waals surface area contributed by atoms with Crippen molar-refractivity contribution in [1.29, 1.82) is 0 Å². The molecule has 1 atom stereocenters. The Morgan fingerprint density at radius 3 is 2.70 bits per heavy atom. The van der Waals surface area contributed by atoms with E-state index in [0.717, 1.165) is 34.8 Å². The fraction of sp³-hybridized carbons (Fsp3) is 0.250. The molecule has 1 aliphatic heterocycles. The molecule has 0 amide bonds. The van der Waals surface area contributed by atoms with Crippen molar-refractivity contribution in [3.05, 3.63) is 65.2 Å². The zero-order chi connectivity index (χ0) is 15.6. The number of hydrogen-bond acceptors (Lipinski definition) is 2. The van der Waals surface area contributed by atoms with Crippen molar-refractivity contribution in [2.24, 2.45) is 0 Å². The normalized spacial score (nSPS) is 17.7. The van der Waals surface area contributed by atoms with E-state index in [9.17, 15) is 0 Å². The van der Waals surface area contributed by atoms with Crippen molar-refractivity contribution in [3.8, 4) is 11.3 Å². The predicted octanol–water partition coefficient (Wildman–Crippen LogP) is 4.85. The average Bonchev–Trinajstić information content (AvgIpc) is 3.08. The van der Waals surface area contributed by atoms with Crippen molar-refractivity contribution in [2.75, 3.05) is 6.54 Å². The fourth-order valence-electron chi connectivity index (χ4n) is 3.38. The van der Waals surface area contributed by atoms with E-state index in [1.54, 1.807) is 0 Å². The zero-order valence-electron chi connectivity index (χ0n) is 12.9. The topological polar surface area (TPSA) is 24.9 Å². The molecule has 1 unspecified atom stereocenters. The molecule has 1 saturated heterocycles. The van der Waals surface area contributed by atoms with Crippen LogP contribution in [-0.2, 0) is 6.42 Å². The number of hydrogen-bond donors (Lipinski definition) is 1. The Morgan fingerprint density at radius 2 is 1.91 bits per heavy atom. The summed E-state index contributed by atoms with van der Waals surface area (Å²) in [7, 11) is 0. The number of nitrogens with one attached hydrogen (secondary N) is 1. The minimum absolute atomic E-state index is 0.582. The summed E-state index contributed by atoms with van der Waals surface area (Å²) in [6.07, 6.45) is 3.59. The van der Waals surface area contributed by atoms with Gasteiger partial charge in [0.15, 0.2) is 0 Å². The summed E-state index contributed by atoms with van der Waals surface area (Å²) in [5.74, 6) is 0. The minimum Gasteiger partial charge on any atom is -0.314 e. The molecular weight excluding hydrogens is 304 g/mol. The molecule has 0 bridgehead atoms. The van der Waals surface area contributed by atoms with Gasteiger partial charge in [-0.15, -0.1) is 0 Å². The first-order valence-electron chi connectivity index (χ1n) is 8.17. The van der Waals surface area contributed by atoms with Crippen LogP contribution in [0.15, 0.2) is 54.6 Å². The molecule has 2 aromatic carbocycles. The van der Waals surface area contributed by atoms with E-state index < -0.39 is 0 Å². The van der Waals surface area contributed by atoms with E-state index in [4.69, 9.17) is 16.6 Å². The van der Waals surface area contributed by atoms with Gasteiger partial charge in [-0.1, -0.05) is 41.9 Å². The molecule has 0 spiro atoms. The van der Waals surface area contributed by atoms with Gasteiger partial charge in [0, 0.05) is 22.0 Å². The van der Waals surface area contributed by atoms with Crippen LogP contribution < -0.4 is 5.32 Å². The number of halogens is 1. The average molecular weight is 323 g/mol. The molecule has 0 radical (unpaired) electrons. The molecular formula is C20H19ClN2. The second-order valence-electron chi connectivity index (χ2n) is 6.19. The van der Waals surface area contributed by atoms with Gasteiger partial charge in [0.2, 0.25) is 0 Å². The van der Waals surface area contributed by atoms with Gasteiger partial charge in [0.1, 0.15) is 0 Å². The Bertz CT molecular complexity index is 821. The number of benzene rings is 2. The first kappa shape index (κ1) is 14.7. The Labute approximate surface area is 141 Å². The number of pyridine rings is 1. The predicted molar refractivity (Wildman–Crippen MR) is 96.9 cm³/mol. The van der Waals surface area contributed by atoms with Crippen molar-refractivity contribution in [3.63, 3.8) is 0 Å². The van der Waals surface area contributed by atoms with Gasteiger partial charge >= 0.3 is 0 Å². The minimum atomic E-state index is 0.582. The van der Waals surface area contributed by atoms with Crippen molar-refractivity contribution >= 4 is 22.5 Å². The SMILES string of the molecule is Clc1ccc(-c2cc(CC3CCCN3)c3ccccc3n2)cc1. The van der Waals surface area contributed by atoms with Crippen molar-refractivity contribution in [1.82, 2.24) is 10.3 Å². The summed E-state index contributed by atoms with van der Waals surface area (Å²) < 4.78 is 0. The van der Waals surface area contributed by atoms with Gasteiger partial charge in [-0.3, -0.25) is 0 Å². The quantitative estimate of drug-likeness (QED) is 0.745. The van der Waals surface area contributed by atoms with Gasteiger partial charge in [-0.05, 0) is 55.6 Å². The number of fused-ring (bicyclic) bond motifs is 1. The standard InChI is InChI=1S/C20H19ClN2/c21-16-9-7-14(8-10-16)20-13-15(12-17-4-3-11-22-17)18-5-1-2-6-19(18)23-20/h1-2,5-10,13,17,22H,3-4,11-12H2. The van der Waals surface area contributed by atoms with Crippen LogP contribution in [0.5, 0.6) is 0 Å². The molecule has 0 aliphatic carbocycles. The monoisotopic (exact) mass is 322 g/mol. The Kier molecular flexibility index (Phi) is 4.02. The van der Waals surface area contributed by atoms with Crippen LogP contribution >= 0.6 is 11.6 Å². The van der Waals surface area contributed by atoms with E-state index in [0.29, 0.717) is 6.04 Å². The number of para-hydroxylation sites is 1. The van der Waals surface area contributed by atoms with Crippen LogP contribution in [0.2, 0.25) is 5.02 Å². The maximum absolute atomic E-state index is 6.01. The summed E-state index contributed by atoms with van der Waals surface area (Å²) in [6, 6.07) is 19.2. The molecule has 1 aromatic heterocycles. The first-order valence-corrected chi connectivity index (χ1v) is 8.55. The molecule has 116 valence electrons. The summed E-state index contributed by atoms with van der Waals surface area (Å²) in [4.78, 5) is 4.85. The van der Waals surface area contributed by atoms with Crippen LogP contribution in [0, 0.1) is 0 Å². The number of rotatable bonds is 3. The number of aromatic nitrogens is 1. The summed E-state index contributed by atoms with van der Waals surface area (Å²) in [5.41, 5.74) is 4.57. The van der Waals surface area contributed by atoms with Gasteiger partial charge in [0.05, 0.1) is 11.2 Å². The highest BCUT2D eigenvalue weighted by Gasteiger charge is 2.17. The molecule has 2 heterocycles.